The van der Waals surface area contributed by atoms with Gasteiger partial charge in [0, 0.05) is 17.7 Å². The average molecular weight is 461 g/mol. The molecule has 2 aliphatic heterocycles. The van der Waals surface area contributed by atoms with Crippen LogP contribution in [0, 0.1) is 11.8 Å². The Kier molecular flexibility index (Phi) is 6.46. The topological polar surface area (TPSA) is 101 Å². The molecule has 0 bridgehead atoms. The molecule has 0 fully saturated rings. The summed E-state index contributed by atoms with van der Waals surface area (Å²) in [5.41, 5.74) is 1.37. The van der Waals surface area contributed by atoms with E-state index in [1.165, 1.54) is 41.3 Å². The Hall–Kier alpha value is -3.61. The van der Waals surface area contributed by atoms with E-state index in [1.807, 2.05) is 6.92 Å². The molecule has 0 aliphatic carbocycles. The number of carbonyl (C=O) groups is 5. The Balaban J connectivity index is 1.49. The number of hydrogen-bond donors (Lipinski definition) is 1. The van der Waals surface area contributed by atoms with Crippen LogP contribution in [0.5, 0.6) is 0 Å². The predicted octanol–water partition coefficient (Wildman–Crippen LogP) is 4.25. The van der Waals surface area contributed by atoms with Gasteiger partial charge in [-0.2, -0.15) is 0 Å². The van der Waals surface area contributed by atoms with Gasteiger partial charge in [-0.3, -0.25) is 34.2 Å². The van der Waals surface area contributed by atoms with Gasteiger partial charge in [-0.05, 0) is 42.5 Å². The van der Waals surface area contributed by atoms with Gasteiger partial charge < -0.3 is 0 Å². The van der Waals surface area contributed by atoms with E-state index in [0.29, 0.717) is 18.0 Å². The van der Waals surface area contributed by atoms with E-state index < -0.39 is 17.6 Å². The molecule has 0 saturated heterocycles. The molecule has 2 aromatic rings. The van der Waals surface area contributed by atoms with E-state index in [2.05, 4.69) is 19.2 Å². The first-order valence-corrected chi connectivity index (χ1v) is 11.8. The average Bonchev–Trinajstić information content (AvgIpc) is 3.25. The summed E-state index contributed by atoms with van der Waals surface area (Å²) >= 11 is 0. The van der Waals surface area contributed by atoms with Crippen molar-refractivity contribution in [1.82, 2.24) is 10.2 Å². The first-order valence-electron chi connectivity index (χ1n) is 11.8. The second-order valence-corrected chi connectivity index (χ2v) is 9.40. The summed E-state index contributed by atoms with van der Waals surface area (Å²) in [7, 11) is 0. The van der Waals surface area contributed by atoms with Crippen molar-refractivity contribution >= 4 is 29.4 Å². The summed E-state index contributed by atoms with van der Waals surface area (Å²) < 4.78 is 0. The maximum absolute atomic E-state index is 13.1. The minimum atomic E-state index is -0.543. The van der Waals surface area contributed by atoms with Gasteiger partial charge in [0.05, 0.1) is 22.3 Å². The highest BCUT2D eigenvalue weighted by atomic mass is 16.2. The van der Waals surface area contributed by atoms with Crippen molar-refractivity contribution in [2.45, 2.75) is 46.5 Å². The molecule has 176 valence electrons. The van der Waals surface area contributed by atoms with E-state index in [0.717, 1.165) is 25.7 Å². The lowest BCUT2D eigenvalue weighted by Gasteiger charge is -2.19. The molecule has 0 spiro atoms. The molecule has 2 heterocycles. The zero-order chi connectivity index (χ0) is 24.6. The maximum Gasteiger partial charge on any atom is 0.261 e. The molecule has 2 aromatic carbocycles. The fraction of sp³-hybridized carbons (Fsp3) is 0.370. The van der Waals surface area contributed by atoms with Gasteiger partial charge in [0.1, 0.15) is 0 Å². The van der Waals surface area contributed by atoms with Crippen LogP contribution in [0.15, 0.2) is 36.4 Å². The first kappa shape index (κ1) is 23.5. The van der Waals surface area contributed by atoms with Gasteiger partial charge in [0.25, 0.3) is 23.6 Å². The zero-order valence-electron chi connectivity index (χ0n) is 19.6. The zero-order valence-corrected chi connectivity index (χ0v) is 19.6. The van der Waals surface area contributed by atoms with E-state index in [-0.39, 0.29) is 45.5 Å². The number of nitrogens with zero attached hydrogens (tertiary/aromatic N) is 1. The molecule has 2 atom stereocenters. The second-order valence-electron chi connectivity index (χ2n) is 9.40. The van der Waals surface area contributed by atoms with Crippen LogP contribution in [0.3, 0.4) is 0 Å². The first-order chi connectivity index (χ1) is 16.2. The summed E-state index contributed by atoms with van der Waals surface area (Å²) in [5, 5.41) is 2.20. The van der Waals surface area contributed by atoms with Gasteiger partial charge in [0.2, 0.25) is 0 Å². The molecule has 2 unspecified atom stereocenters. The summed E-state index contributed by atoms with van der Waals surface area (Å²) in [5.74, 6) is -1.29. The molecule has 0 radical (unpaired) electrons. The van der Waals surface area contributed by atoms with Crippen LogP contribution in [0.25, 0.3) is 0 Å². The van der Waals surface area contributed by atoms with Crippen LogP contribution in [0.4, 0.5) is 0 Å². The number of amides is 4. The molecular formula is C27H28N2O5. The Morgan fingerprint density at radius 2 is 1.35 bits per heavy atom. The molecule has 0 saturated carbocycles. The lowest BCUT2D eigenvalue weighted by molar-refractivity contribution is 0.0628. The molecule has 34 heavy (non-hydrogen) atoms. The van der Waals surface area contributed by atoms with Crippen LogP contribution in [0.2, 0.25) is 0 Å². The Morgan fingerprint density at radius 1 is 0.794 bits per heavy atom. The third-order valence-corrected chi connectivity index (χ3v) is 6.82. The number of ketones is 1. The van der Waals surface area contributed by atoms with Crippen LogP contribution < -0.4 is 5.32 Å². The number of hydrogen-bond acceptors (Lipinski definition) is 5. The summed E-state index contributed by atoms with van der Waals surface area (Å²) in [6.45, 7) is 6.80. The van der Waals surface area contributed by atoms with Gasteiger partial charge in [-0.1, -0.05) is 52.2 Å². The highest BCUT2D eigenvalue weighted by Gasteiger charge is 2.37. The minimum Gasteiger partial charge on any atom is -0.289 e. The number of imide groups is 2. The third-order valence-electron chi connectivity index (χ3n) is 6.82. The second kappa shape index (κ2) is 9.33. The lowest BCUT2D eigenvalue weighted by Crippen LogP contribution is -2.33. The standard InChI is InChI=1S/C27H28N2O5/c1-4-15(2)6-5-7-16(3)14-29-26(33)20-11-9-18(13-22(20)27(29)34)23(30)17-8-10-19-21(12-17)25(32)28-24(19)31/h8-13,15-16H,4-7,14H2,1-3H3,(H,28,31,32). The van der Waals surface area contributed by atoms with E-state index in [4.69, 9.17) is 0 Å². The van der Waals surface area contributed by atoms with Crippen molar-refractivity contribution in [3.05, 3.63) is 69.8 Å². The lowest BCUT2D eigenvalue weighted by atomic mass is 9.96. The summed E-state index contributed by atoms with van der Waals surface area (Å²) in [6.07, 6.45) is 4.27. The highest BCUT2D eigenvalue weighted by molar-refractivity contribution is 6.24. The minimum absolute atomic E-state index is 0.150. The molecular weight excluding hydrogens is 432 g/mol. The van der Waals surface area contributed by atoms with E-state index in [1.54, 1.807) is 0 Å². The Morgan fingerprint density at radius 3 is 2.03 bits per heavy atom. The van der Waals surface area contributed by atoms with Crippen LogP contribution in [0.1, 0.15) is 104 Å². The van der Waals surface area contributed by atoms with Crippen molar-refractivity contribution in [1.29, 1.82) is 0 Å². The molecule has 7 heteroatoms. The van der Waals surface area contributed by atoms with Crippen molar-refractivity contribution < 1.29 is 24.0 Å². The van der Waals surface area contributed by atoms with Crippen molar-refractivity contribution in [2.24, 2.45) is 11.8 Å². The van der Waals surface area contributed by atoms with E-state index >= 15 is 0 Å². The van der Waals surface area contributed by atoms with Gasteiger partial charge in [-0.15, -0.1) is 0 Å². The van der Waals surface area contributed by atoms with Gasteiger partial charge in [0.15, 0.2) is 5.78 Å². The molecule has 7 nitrogen and oxygen atoms in total. The quantitative estimate of drug-likeness (QED) is 0.445. The SMILES string of the molecule is CCC(C)CCCC(C)CN1C(=O)c2ccc(C(=O)c3ccc4c(c3)C(=O)NC4=O)cc2C1=O. The Bertz CT molecular complexity index is 1220. The largest absolute Gasteiger partial charge is 0.289 e. The Labute approximate surface area is 198 Å². The molecule has 0 aromatic heterocycles. The third kappa shape index (κ3) is 4.30. The van der Waals surface area contributed by atoms with Crippen LogP contribution >= 0.6 is 0 Å². The maximum atomic E-state index is 13.1. The fourth-order valence-corrected chi connectivity index (χ4v) is 4.50. The molecule has 4 rings (SSSR count). The van der Waals surface area contributed by atoms with E-state index in [9.17, 15) is 24.0 Å². The summed E-state index contributed by atoms with van der Waals surface area (Å²) in [6, 6.07) is 8.78. The molecule has 2 aliphatic rings. The van der Waals surface area contributed by atoms with Crippen molar-refractivity contribution in [2.75, 3.05) is 6.54 Å². The van der Waals surface area contributed by atoms with Crippen LogP contribution in [-0.4, -0.2) is 40.9 Å². The normalized spacial score (nSPS) is 16.4. The fourth-order valence-electron chi connectivity index (χ4n) is 4.50. The monoisotopic (exact) mass is 460 g/mol. The van der Waals surface area contributed by atoms with Crippen molar-refractivity contribution in [3.63, 3.8) is 0 Å². The summed E-state index contributed by atoms with van der Waals surface area (Å²) in [4.78, 5) is 63.9. The predicted molar refractivity (Wildman–Crippen MR) is 126 cm³/mol. The number of rotatable bonds is 9. The number of benzene rings is 2. The van der Waals surface area contributed by atoms with Gasteiger partial charge >= 0.3 is 0 Å². The molecule has 1 N–H and O–H groups in total. The molecule has 4 amide bonds. The number of nitrogens with one attached hydrogen (secondary N) is 1. The van der Waals surface area contributed by atoms with Crippen molar-refractivity contribution in [3.8, 4) is 0 Å². The highest BCUT2D eigenvalue weighted by Crippen LogP contribution is 2.27. The van der Waals surface area contributed by atoms with Crippen LogP contribution in [-0.2, 0) is 0 Å². The van der Waals surface area contributed by atoms with Gasteiger partial charge in [-0.25, -0.2) is 0 Å². The number of fused-ring (bicyclic) bond motifs is 2. The smallest absolute Gasteiger partial charge is 0.261 e. The number of carbonyl (C=O) groups excluding carboxylic acids is 5.